The molecule has 136 valence electrons. The molecule has 2 aliphatic heterocycles. The molecule has 0 radical (unpaired) electrons. The first-order valence-corrected chi connectivity index (χ1v) is 9.95. The second-order valence-electron chi connectivity index (χ2n) is 6.35. The third-order valence-electron chi connectivity index (χ3n) is 4.61. The maximum atomic E-state index is 11.6. The van der Waals surface area contributed by atoms with Crippen LogP contribution in [-0.4, -0.2) is 50.1 Å². The minimum absolute atomic E-state index is 0. The summed E-state index contributed by atoms with van der Waals surface area (Å²) >= 11 is 3.16. The quantitative estimate of drug-likeness (QED) is 0.378. The van der Waals surface area contributed by atoms with Crippen molar-refractivity contribution in [2.45, 2.75) is 42.9 Å². The van der Waals surface area contributed by atoms with Gasteiger partial charge in [-0.15, -0.1) is 11.8 Å². The number of fused-ring (bicyclic) bond motifs is 1. The van der Waals surface area contributed by atoms with Gasteiger partial charge in [-0.05, 0) is 6.92 Å². The van der Waals surface area contributed by atoms with Crippen LogP contribution in [0.5, 0.6) is 0 Å². The molecule has 3 heterocycles. The molecule has 0 aromatic carbocycles. The molecular weight excluding hydrogens is 385 g/mol. The van der Waals surface area contributed by atoms with Gasteiger partial charge in [0.15, 0.2) is 5.16 Å². The van der Waals surface area contributed by atoms with Gasteiger partial charge in [0.25, 0.3) is 0 Å². The van der Waals surface area contributed by atoms with Gasteiger partial charge in [-0.3, -0.25) is 0 Å². The molecule has 0 amide bonds. The molecule has 1 aromatic heterocycles. The monoisotopic (exact) mass is 405 g/mol. The number of aromatic nitrogens is 2. The van der Waals surface area contributed by atoms with Crippen molar-refractivity contribution in [3.05, 3.63) is 23.0 Å². The van der Waals surface area contributed by atoms with Crippen LogP contribution in [0.4, 0.5) is 0 Å². The first-order chi connectivity index (χ1) is 11.9. The zero-order valence-corrected chi connectivity index (χ0v) is 18.5. The number of hydrogen-bond acceptors (Lipinski definition) is 8. The zero-order chi connectivity index (χ0) is 18.1. The Bertz CT molecular complexity index is 709. The topological polar surface area (TPSA) is 107 Å². The van der Waals surface area contributed by atoms with E-state index in [0.29, 0.717) is 11.2 Å². The van der Waals surface area contributed by atoms with Gasteiger partial charge in [-0.2, -0.15) is 0 Å². The van der Waals surface area contributed by atoms with Crippen LogP contribution >= 0.6 is 23.5 Å². The molecular formula is C16H20N3NaO4S2. The third kappa shape index (κ3) is 4.34. The second-order valence-corrected chi connectivity index (χ2v) is 8.68. The fourth-order valence-electron chi connectivity index (χ4n) is 3.27. The van der Waals surface area contributed by atoms with E-state index in [9.17, 15) is 19.8 Å². The van der Waals surface area contributed by atoms with Gasteiger partial charge in [-0.1, -0.05) is 18.7 Å². The summed E-state index contributed by atoms with van der Waals surface area (Å²) < 4.78 is 2.06. The summed E-state index contributed by atoms with van der Waals surface area (Å²) in [5, 5.41) is 25.5. The van der Waals surface area contributed by atoms with Crippen molar-refractivity contribution >= 4 is 35.8 Å². The van der Waals surface area contributed by atoms with E-state index in [0.717, 1.165) is 17.5 Å². The molecule has 0 spiro atoms. The number of carboxylic acids is 1. The number of aliphatic carboxylic acids is 1. The molecule has 0 saturated carbocycles. The molecule has 26 heavy (non-hydrogen) atoms. The molecule has 7 nitrogen and oxygen atoms in total. The number of rotatable bonds is 6. The zero-order valence-electron chi connectivity index (χ0n) is 14.9. The van der Waals surface area contributed by atoms with Crippen molar-refractivity contribution in [2.75, 3.05) is 5.75 Å². The molecule has 3 rings (SSSR count). The van der Waals surface area contributed by atoms with E-state index in [4.69, 9.17) is 0 Å². The maximum Gasteiger partial charge on any atom is 1.00 e. The Morgan fingerprint density at radius 1 is 1.62 bits per heavy atom. The molecule has 2 aliphatic rings. The van der Waals surface area contributed by atoms with Crippen LogP contribution in [0, 0.1) is 11.8 Å². The van der Waals surface area contributed by atoms with Crippen LogP contribution in [0.2, 0.25) is 0 Å². The number of aliphatic hydroxyl groups excluding tert-OH is 1. The Morgan fingerprint density at radius 2 is 2.35 bits per heavy atom. The molecule has 0 bridgehead atoms. The fourth-order valence-corrected chi connectivity index (χ4v) is 5.84. The summed E-state index contributed by atoms with van der Waals surface area (Å²) in [6.45, 7) is 4.17. The molecule has 5 atom stereocenters. The maximum absolute atomic E-state index is 11.6. The minimum atomic E-state index is -1.28. The standard InChI is InChI=1S/C16H21N3O4S2.Na/c1-8-12(11(6-20)9(2)21)18-13(15(22)23)14(8)25-10-5-19-4-3-17-16(19)24-7-10;/h3-4,6,8-12,18,21H,5,7H2,1-2H3,(H,22,23);/q;+1/p-1. The van der Waals surface area contributed by atoms with Gasteiger partial charge in [-0.25, -0.2) is 4.98 Å². The number of carbonyl (C=O) groups is 2. The molecule has 0 saturated heterocycles. The van der Waals surface area contributed by atoms with E-state index >= 15 is 0 Å². The average molecular weight is 405 g/mol. The number of hydrogen-bond donors (Lipinski definition) is 2. The van der Waals surface area contributed by atoms with Gasteiger partial charge in [0.1, 0.15) is 6.29 Å². The summed E-state index contributed by atoms with van der Waals surface area (Å²) in [7, 11) is 0. The Balaban J connectivity index is 0.00000243. The fraction of sp³-hybridized carbons (Fsp3) is 0.562. The van der Waals surface area contributed by atoms with E-state index < -0.39 is 24.0 Å². The van der Waals surface area contributed by atoms with Crippen molar-refractivity contribution in [2.24, 2.45) is 11.8 Å². The van der Waals surface area contributed by atoms with Crippen LogP contribution in [0.1, 0.15) is 13.8 Å². The van der Waals surface area contributed by atoms with E-state index in [1.165, 1.54) is 18.7 Å². The summed E-state index contributed by atoms with van der Waals surface area (Å²) in [6.07, 6.45) is 3.50. The van der Waals surface area contributed by atoms with Gasteiger partial charge < -0.3 is 29.7 Å². The smallest absolute Gasteiger partial charge is 0.543 e. The van der Waals surface area contributed by atoms with Gasteiger partial charge in [0.05, 0.1) is 23.7 Å². The van der Waals surface area contributed by atoms with E-state index in [1.54, 1.807) is 18.0 Å². The van der Waals surface area contributed by atoms with Crippen LogP contribution in [0.3, 0.4) is 0 Å². The number of imidazole rings is 1. The molecule has 2 N–H and O–H groups in total. The number of carboxylic acid groups (broad SMARTS) is 1. The molecule has 0 fully saturated rings. The van der Waals surface area contributed by atoms with Crippen LogP contribution < -0.4 is 40.0 Å². The number of aliphatic hydroxyl groups is 1. The van der Waals surface area contributed by atoms with Crippen molar-refractivity contribution in [3.8, 4) is 0 Å². The summed E-state index contributed by atoms with van der Waals surface area (Å²) in [6, 6.07) is -0.451. The average Bonchev–Trinajstić information content (AvgIpc) is 3.14. The molecule has 10 heteroatoms. The van der Waals surface area contributed by atoms with Crippen molar-refractivity contribution < 1.29 is 49.4 Å². The Labute approximate surface area is 182 Å². The van der Waals surface area contributed by atoms with Crippen molar-refractivity contribution in [1.82, 2.24) is 14.9 Å². The molecule has 0 aliphatic carbocycles. The van der Waals surface area contributed by atoms with Gasteiger partial charge in [0, 0.05) is 46.8 Å². The number of carbonyl (C=O) groups excluding carboxylic acids is 2. The van der Waals surface area contributed by atoms with E-state index in [-0.39, 0.29) is 46.4 Å². The van der Waals surface area contributed by atoms with Crippen LogP contribution in [0.15, 0.2) is 28.2 Å². The van der Waals surface area contributed by atoms with E-state index in [2.05, 4.69) is 14.9 Å². The number of nitrogens with one attached hydrogen (secondary N) is 1. The van der Waals surface area contributed by atoms with Crippen molar-refractivity contribution in [1.29, 1.82) is 0 Å². The van der Waals surface area contributed by atoms with Gasteiger partial charge >= 0.3 is 29.6 Å². The predicted molar refractivity (Wildman–Crippen MR) is 93.7 cm³/mol. The van der Waals surface area contributed by atoms with Crippen molar-refractivity contribution in [3.63, 3.8) is 0 Å². The predicted octanol–water partition coefficient (Wildman–Crippen LogP) is -3.14. The first kappa shape index (κ1) is 21.8. The summed E-state index contributed by atoms with van der Waals surface area (Å²) in [5.41, 5.74) is 0.0384. The summed E-state index contributed by atoms with van der Waals surface area (Å²) in [4.78, 5) is 27.9. The number of aldehydes is 1. The Morgan fingerprint density at radius 3 is 2.96 bits per heavy atom. The van der Waals surface area contributed by atoms with Crippen LogP contribution in [0.25, 0.3) is 0 Å². The second kappa shape index (κ2) is 9.16. The first-order valence-electron chi connectivity index (χ1n) is 8.08. The summed E-state index contributed by atoms with van der Waals surface area (Å²) in [5.74, 6) is -1.32. The van der Waals surface area contributed by atoms with Crippen LogP contribution in [-0.2, 0) is 16.1 Å². The normalized spacial score (nSPS) is 27.1. The van der Waals surface area contributed by atoms with E-state index in [1.807, 2.05) is 13.1 Å². The third-order valence-corrected chi connectivity index (χ3v) is 7.47. The molecule has 1 aromatic rings. The Kier molecular flexibility index (Phi) is 7.70. The number of nitrogens with zero attached hydrogens (tertiary/aromatic N) is 2. The largest absolute Gasteiger partial charge is 1.00 e. The minimum Gasteiger partial charge on any atom is -0.543 e. The SMILES string of the molecule is CC(O)C(C=O)C1NC(C(=O)[O-])=C(SC2CSc3nccn3C2)C1C.[Na+]. The molecule has 5 unspecified atom stereocenters. The Hall–Kier alpha value is -0.450. The number of thioether (sulfide) groups is 2. The van der Waals surface area contributed by atoms with Gasteiger partial charge in [0.2, 0.25) is 0 Å².